The van der Waals surface area contributed by atoms with Crippen molar-refractivity contribution in [1.82, 2.24) is 15.2 Å². The van der Waals surface area contributed by atoms with Gasteiger partial charge < -0.3 is 9.40 Å². The molecule has 0 amide bonds. The lowest BCUT2D eigenvalue weighted by Crippen LogP contribution is -2.14. The molecule has 0 bridgehead atoms. The minimum Gasteiger partial charge on any atom is -0.411 e. The predicted molar refractivity (Wildman–Crippen MR) is 102 cm³/mol. The number of aromatic nitrogens is 3. The third kappa shape index (κ3) is 3.26. The van der Waals surface area contributed by atoms with Crippen LogP contribution in [0, 0.1) is 12.7 Å². The van der Waals surface area contributed by atoms with E-state index in [-0.39, 0.29) is 22.5 Å². The Morgan fingerprint density at radius 2 is 1.89 bits per heavy atom. The summed E-state index contributed by atoms with van der Waals surface area (Å²) >= 11 is 1.16. The summed E-state index contributed by atoms with van der Waals surface area (Å²) in [7, 11) is 0. The Balaban J connectivity index is 1.57. The maximum atomic E-state index is 13.9. The van der Waals surface area contributed by atoms with Crippen molar-refractivity contribution < 1.29 is 13.6 Å². The monoisotopic (exact) mass is 381 g/mol. The highest BCUT2D eigenvalue weighted by molar-refractivity contribution is 8.00. The second-order valence-electron chi connectivity index (χ2n) is 6.15. The van der Waals surface area contributed by atoms with Crippen LogP contribution < -0.4 is 0 Å². The maximum Gasteiger partial charge on any atom is 0.277 e. The number of fused-ring (bicyclic) bond motifs is 1. The van der Waals surface area contributed by atoms with Crippen molar-refractivity contribution in [3.63, 3.8) is 0 Å². The normalized spacial score (nSPS) is 12.4. The van der Waals surface area contributed by atoms with Crippen LogP contribution in [0.5, 0.6) is 0 Å². The van der Waals surface area contributed by atoms with E-state index in [0.29, 0.717) is 5.56 Å². The van der Waals surface area contributed by atoms with Crippen LogP contribution in [-0.4, -0.2) is 26.2 Å². The fourth-order valence-electron chi connectivity index (χ4n) is 3.00. The van der Waals surface area contributed by atoms with Crippen LogP contribution in [0.1, 0.15) is 23.0 Å². The van der Waals surface area contributed by atoms with Gasteiger partial charge in [0.2, 0.25) is 0 Å². The van der Waals surface area contributed by atoms with E-state index in [1.807, 2.05) is 31.2 Å². The van der Waals surface area contributed by atoms with E-state index in [4.69, 9.17) is 4.42 Å². The van der Waals surface area contributed by atoms with Crippen molar-refractivity contribution in [2.24, 2.45) is 0 Å². The van der Waals surface area contributed by atoms with Crippen molar-refractivity contribution >= 4 is 28.4 Å². The number of hydrogen-bond acceptors (Lipinski definition) is 5. The quantitative estimate of drug-likeness (QED) is 0.388. The number of H-pyrrole nitrogens is 1. The Kier molecular flexibility index (Phi) is 4.53. The largest absolute Gasteiger partial charge is 0.411 e. The molecule has 0 saturated carbocycles. The molecule has 0 aliphatic heterocycles. The molecule has 5 nitrogen and oxygen atoms in total. The lowest BCUT2D eigenvalue weighted by atomic mass is 10.1. The number of carbonyl (C=O) groups is 1. The molecule has 27 heavy (non-hydrogen) atoms. The van der Waals surface area contributed by atoms with Gasteiger partial charge in [-0.15, -0.1) is 10.2 Å². The molecule has 136 valence electrons. The lowest BCUT2D eigenvalue weighted by Gasteiger charge is -2.07. The number of thioether (sulfide) groups is 1. The zero-order valence-corrected chi connectivity index (χ0v) is 15.5. The number of aryl methyl sites for hydroxylation is 1. The highest BCUT2D eigenvalue weighted by Gasteiger charge is 2.24. The number of benzene rings is 2. The maximum absolute atomic E-state index is 13.9. The molecule has 0 radical (unpaired) electrons. The van der Waals surface area contributed by atoms with Gasteiger partial charge in [-0.1, -0.05) is 42.1 Å². The van der Waals surface area contributed by atoms with Gasteiger partial charge in [0.1, 0.15) is 5.82 Å². The van der Waals surface area contributed by atoms with Crippen LogP contribution in [0.2, 0.25) is 0 Å². The molecule has 4 aromatic rings. The van der Waals surface area contributed by atoms with Crippen molar-refractivity contribution in [1.29, 1.82) is 0 Å². The number of aromatic amines is 1. The van der Waals surface area contributed by atoms with Gasteiger partial charge in [-0.25, -0.2) is 4.39 Å². The number of para-hydroxylation sites is 1. The Bertz CT molecular complexity index is 1140. The summed E-state index contributed by atoms with van der Waals surface area (Å²) in [4.78, 5) is 16.2. The first-order valence-electron chi connectivity index (χ1n) is 8.41. The highest BCUT2D eigenvalue weighted by atomic mass is 32.2. The van der Waals surface area contributed by atoms with Crippen molar-refractivity contribution in [2.75, 3.05) is 0 Å². The van der Waals surface area contributed by atoms with Gasteiger partial charge in [-0.2, -0.15) is 0 Å². The van der Waals surface area contributed by atoms with E-state index >= 15 is 0 Å². The zero-order chi connectivity index (χ0) is 19.0. The standard InChI is InChI=1S/C20H16FN3O2S/c1-11-17(14-8-4-6-10-16(14)22-11)18(25)12(2)27-20-24-23-19(26-20)13-7-3-5-9-15(13)21/h3-10,12,22H,1-2H3. The first-order chi connectivity index (χ1) is 13.0. The van der Waals surface area contributed by atoms with E-state index in [1.165, 1.54) is 6.07 Å². The summed E-state index contributed by atoms with van der Waals surface area (Å²) in [6.07, 6.45) is 0. The number of nitrogens with zero attached hydrogens (tertiary/aromatic N) is 2. The summed E-state index contributed by atoms with van der Waals surface area (Å²) in [6, 6.07) is 13.9. The van der Waals surface area contributed by atoms with Gasteiger partial charge in [-0.3, -0.25) is 4.79 Å². The van der Waals surface area contributed by atoms with E-state index in [9.17, 15) is 9.18 Å². The van der Waals surface area contributed by atoms with Crippen LogP contribution in [0.3, 0.4) is 0 Å². The van der Waals surface area contributed by atoms with Crippen LogP contribution in [-0.2, 0) is 0 Å². The smallest absolute Gasteiger partial charge is 0.277 e. The number of ketones is 1. The van der Waals surface area contributed by atoms with E-state index in [1.54, 1.807) is 25.1 Å². The SMILES string of the molecule is Cc1[nH]c2ccccc2c1C(=O)C(C)Sc1nnc(-c2ccccc2F)o1. The van der Waals surface area contributed by atoms with Crippen LogP contribution in [0.25, 0.3) is 22.4 Å². The molecule has 2 aromatic heterocycles. The Hall–Kier alpha value is -2.93. The Morgan fingerprint density at radius 3 is 2.70 bits per heavy atom. The first kappa shape index (κ1) is 17.5. The van der Waals surface area contributed by atoms with E-state index < -0.39 is 11.1 Å². The van der Waals surface area contributed by atoms with Gasteiger partial charge in [0.15, 0.2) is 5.78 Å². The topological polar surface area (TPSA) is 71.8 Å². The zero-order valence-electron chi connectivity index (χ0n) is 14.7. The minimum atomic E-state index is -0.434. The summed E-state index contributed by atoms with van der Waals surface area (Å²) in [6.45, 7) is 3.68. The molecule has 0 fully saturated rings. The van der Waals surface area contributed by atoms with Gasteiger partial charge in [-0.05, 0) is 32.0 Å². The fourth-order valence-corrected chi connectivity index (χ4v) is 3.75. The lowest BCUT2D eigenvalue weighted by molar-refractivity contribution is 0.0994. The van der Waals surface area contributed by atoms with Crippen LogP contribution in [0.4, 0.5) is 4.39 Å². The molecule has 1 N–H and O–H groups in total. The van der Waals surface area contributed by atoms with Gasteiger partial charge in [0.25, 0.3) is 11.1 Å². The Labute approximate surface area is 159 Å². The molecule has 0 spiro atoms. The van der Waals surface area contributed by atoms with Gasteiger partial charge in [0, 0.05) is 22.2 Å². The van der Waals surface area contributed by atoms with Crippen LogP contribution in [0.15, 0.2) is 58.2 Å². The van der Waals surface area contributed by atoms with Gasteiger partial charge in [0.05, 0.1) is 10.8 Å². The number of halogens is 1. The third-order valence-electron chi connectivity index (χ3n) is 4.30. The summed E-state index contributed by atoms with van der Waals surface area (Å²) < 4.78 is 19.4. The summed E-state index contributed by atoms with van der Waals surface area (Å²) in [5.41, 5.74) is 2.66. The molecule has 1 unspecified atom stereocenters. The number of Topliss-reactive ketones (excluding diaryl/α,β-unsaturated/α-hetero) is 1. The molecule has 2 aromatic carbocycles. The molecule has 1 atom stereocenters. The molecule has 2 heterocycles. The first-order valence-corrected chi connectivity index (χ1v) is 9.29. The number of nitrogens with one attached hydrogen (secondary N) is 1. The third-order valence-corrected chi connectivity index (χ3v) is 5.23. The minimum absolute atomic E-state index is 0.0272. The second-order valence-corrected chi connectivity index (χ2v) is 7.44. The molecule has 4 rings (SSSR count). The highest BCUT2D eigenvalue weighted by Crippen LogP contribution is 2.31. The molecular weight excluding hydrogens is 365 g/mol. The number of rotatable bonds is 5. The molecule has 0 aliphatic carbocycles. The molecule has 7 heteroatoms. The molecule has 0 saturated heterocycles. The molecule has 0 aliphatic rings. The number of carbonyl (C=O) groups excluding carboxylic acids is 1. The summed E-state index contributed by atoms with van der Waals surface area (Å²) in [5, 5.41) is 8.53. The van der Waals surface area contributed by atoms with E-state index in [0.717, 1.165) is 28.4 Å². The van der Waals surface area contributed by atoms with E-state index in [2.05, 4.69) is 15.2 Å². The summed E-state index contributed by atoms with van der Waals surface area (Å²) in [5.74, 6) is -0.365. The number of hydrogen-bond donors (Lipinski definition) is 1. The Morgan fingerprint density at radius 1 is 1.15 bits per heavy atom. The second kappa shape index (κ2) is 7.00. The predicted octanol–water partition coefficient (Wildman–Crippen LogP) is 5.03. The average molecular weight is 381 g/mol. The van der Waals surface area contributed by atoms with Crippen molar-refractivity contribution in [3.05, 3.63) is 65.6 Å². The fraction of sp³-hybridized carbons (Fsp3) is 0.150. The average Bonchev–Trinajstić information content (AvgIpc) is 3.25. The van der Waals surface area contributed by atoms with Gasteiger partial charge >= 0.3 is 0 Å². The van der Waals surface area contributed by atoms with Crippen LogP contribution >= 0.6 is 11.8 Å². The van der Waals surface area contributed by atoms with Crippen molar-refractivity contribution in [2.45, 2.75) is 24.3 Å². The van der Waals surface area contributed by atoms with Crippen molar-refractivity contribution in [3.8, 4) is 11.5 Å². The molecular formula is C20H16FN3O2S.